The standard InChI is InChI=1S/C15H16INO3S/c1-9(17-15(18)11-7-14(16)21-8-11)10-4-5-12(19-2)13(6-10)20-3/h4-9H,1-3H3,(H,17,18). The number of amides is 1. The molecule has 4 nitrogen and oxygen atoms in total. The van der Waals surface area contributed by atoms with Crippen LogP contribution in [0.5, 0.6) is 11.5 Å². The molecule has 0 fully saturated rings. The van der Waals surface area contributed by atoms with Gasteiger partial charge in [-0.1, -0.05) is 6.07 Å². The molecule has 0 saturated carbocycles. The minimum atomic E-state index is -0.116. The fourth-order valence-corrected chi connectivity index (χ4v) is 3.24. The molecule has 1 amide bonds. The highest BCUT2D eigenvalue weighted by Crippen LogP contribution is 2.30. The minimum absolute atomic E-state index is 0.0727. The Bertz CT molecular complexity index is 642. The Hall–Kier alpha value is -1.28. The zero-order chi connectivity index (χ0) is 15.4. The van der Waals surface area contributed by atoms with Crippen molar-refractivity contribution in [1.82, 2.24) is 5.32 Å². The van der Waals surface area contributed by atoms with E-state index in [4.69, 9.17) is 9.47 Å². The molecule has 2 aromatic rings. The topological polar surface area (TPSA) is 47.6 Å². The number of hydrogen-bond acceptors (Lipinski definition) is 4. The maximum absolute atomic E-state index is 12.2. The maximum atomic E-state index is 12.2. The van der Waals surface area contributed by atoms with Crippen molar-refractivity contribution in [3.8, 4) is 11.5 Å². The summed E-state index contributed by atoms with van der Waals surface area (Å²) in [7, 11) is 3.19. The molecular weight excluding hydrogens is 401 g/mol. The number of carbonyl (C=O) groups excluding carboxylic acids is 1. The van der Waals surface area contributed by atoms with E-state index in [1.165, 1.54) is 0 Å². The van der Waals surface area contributed by atoms with Crippen molar-refractivity contribution in [3.63, 3.8) is 0 Å². The van der Waals surface area contributed by atoms with Crippen LogP contribution in [0.4, 0.5) is 0 Å². The second-order valence-electron chi connectivity index (χ2n) is 4.45. The molecule has 6 heteroatoms. The monoisotopic (exact) mass is 417 g/mol. The van der Waals surface area contributed by atoms with Gasteiger partial charge in [-0.25, -0.2) is 0 Å². The molecule has 0 aliphatic rings. The summed E-state index contributed by atoms with van der Waals surface area (Å²) in [4.78, 5) is 12.2. The third kappa shape index (κ3) is 3.88. The molecule has 1 heterocycles. The largest absolute Gasteiger partial charge is 0.493 e. The Morgan fingerprint density at radius 1 is 1.24 bits per heavy atom. The lowest BCUT2D eigenvalue weighted by molar-refractivity contribution is 0.0940. The van der Waals surface area contributed by atoms with Crippen molar-refractivity contribution >= 4 is 39.8 Å². The van der Waals surface area contributed by atoms with E-state index >= 15 is 0 Å². The van der Waals surface area contributed by atoms with E-state index in [9.17, 15) is 4.79 Å². The molecule has 1 unspecified atom stereocenters. The number of rotatable bonds is 5. The fourth-order valence-electron chi connectivity index (χ4n) is 1.91. The van der Waals surface area contributed by atoms with Crippen LogP contribution in [-0.4, -0.2) is 20.1 Å². The Kier molecular flexibility index (Phi) is 5.46. The number of ether oxygens (including phenoxy) is 2. The van der Waals surface area contributed by atoms with E-state index in [-0.39, 0.29) is 11.9 Å². The zero-order valence-electron chi connectivity index (χ0n) is 12.0. The van der Waals surface area contributed by atoms with Crippen molar-refractivity contribution < 1.29 is 14.3 Å². The summed E-state index contributed by atoms with van der Waals surface area (Å²) in [6.07, 6.45) is 0. The van der Waals surface area contributed by atoms with Crippen molar-refractivity contribution in [2.45, 2.75) is 13.0 Å². The Morgan fingerprint density at radius 3 is 2.52 bits per heavy atom. The van der Waals surface area contributed by atoms with Gasteiger partial charge in [-0.05, 0) is 53.3 Å². The Labute approximate surface area is 141 Å². The summed E-state index contributed by atoms with van der Waals surface area (Å²) in [6.45, 7) is 1.94. The van der Waals surface area contributed by atoms with Gasteiger partial charge < -0.3 is 14.8 Å². The molecule has 112 valence electrons. The highest BCUT2D eigenvalue weighted by molar-refractivity contribution is 14.1. The molecule has 1 atom stereocenters. The quantitative estimate of drug-likeness (QED) is 0.752. The summed E-state index contributed by atoms with van der Waals surface area (Å²) in [5.74, 6) is 1.25. The van der Waals surface area contributed by atoms with Gasteiger partial charge in [0.1, 0.15) is 0 Å². The minimum Gasteiger partial charge on any atom is -0.493 e. The molecule has 1 aromatic carbocycles. The van der Waals surface area contributed by atoms with Gasteiger partial charge in [-0.2, -0.15) is 0 Å². The predicted octanol–water partition coefficient (Wildman–Crippen LogP) is 3.86. The average molecular weight is 417 g/mol. The summed E-state index contributed by atoms with van der Waals surface area (Å²) in [5, 5.41) is 4.84. The molecule has 1 N–H and O–H groups in total. The molecular formula is C15H16INO3S. The van der Waals surface area contributed by atoms with Crippen molar-refractivity contribution in [1.29, 1.82) is 0 Å². The number of halogens is 1. The number of methoxy groups -OCH3 is 2. The van der Waals surface area contributed by atoms with E-state index in [0.717, 1.165) is 8.45 Å². The molecule has 0 radical (unpaired) electrons. The molecule has 21 heavy (non-hydrogen) atoms. The SMILES string of the molecule is COc1ccc(C(C)NC(=O)c2csc(I)c2)cc1OC. The van der Waals surface area contributed by atoms with E-state index in [0.29, 0.717) is 17.1 Å². The third-order valence-electron chi connectivity index (χ3n) is 3.08. The smallest absolute Gasteiger partial charge is 0.252 e. The summed E-state index contributed by atoms with van der Waals surface area (Å²) in [6, 6.07) is 7.40. The van der Waals surface area contributed by atoms with Crippen molar-refractivity contribution in [3.05, 3.63) is 43.7 Å². The maximum Gasteiger partial charge on any atom is 0.252 e. The fraction of sp³-hybridized carbons (Fsp3) is 0.267. The zero-order valence-corrected chi connectivity index (χ0v) is 14.9. The first-order chi connectivity index (χ1) is 10.0. The first kappa shape index (κ1) is 16.1. The van der Waals surface area contributed by atoms with Crippen molar-refractivity contribution in [2.75, 3.05) is 14.2 Å². The second kappa shape index (κ2) is 7.13. The summed E-state index contributed by atoms with van der Waals surface area (Å²) in [5.41, 5.74) is 1.66. The van der Waals surface area contributed by atoms with E-state index in [1.807, 2.05) is 36.6 Å². The molecule has 0 aliphatic carbocycles. The summed E-state index contributed by atoms with van der Waals surface area (Å²) >= 11 is 3.76. The van der Waals surface area contributed by atoms with Crippen LogP contribution in [0, 0.1) is 2.88 Å². The molecule has 2 rings (SSSR count). The van der Waals surface area contributed by atoms with Crippen LogP contribution in [0.1, 0.15) is 28.9 Å². The van der Waals surface area contributed by atoms with Crippen LogP contribution < -0.4 is 14.8 Å². The van der Waals surface area contributed by atoms with Gasteiger partial charge in [0.05, 0.1) is 28.7 Å². The number of hydrogen-bond donors (Lipinski definition) is 1. The number of thiophene rings is 1. The molecule has 0 spiro atoms. The second-order valence-corrected chi connectivity index (χ2v) is 7.25. The van der Waals surface area contributed by atoms with Crippen LogP contribution in [0.15, 0.2) is 29.6 Å². The van der Waals surface area contributed by atoms with E-state index < -0.39 is 0 Å². The lowest BCUT2D eigenvalue weighted by Crippen LogP contribution is -2.26. The van der Waals surface area contributed by atoms with Crippen LogP contribution in [0.3, 0.4) is 0 Å². The molecule has 1 aromatic heterocycles. The van der Waals surface area contributed by atoms with Gasteiger partial charge in [-0.3, -0.25) is 4.79 Å². The van der Waals surface area contributed by atoms with Gasteiger partial charge in [0, 0.05) is 5.38 Å². The summed E-state index contributed by atoms with van der Waals surface area (Å²) < 4.78 is 11.6. The molecule has 0 aliphatic heterocycles. The molecule has 0 bridgehead atoms. The molecule has 0 saturated heterocycles. The number of nitrogens with one attached hydrogen (secondary N) is 1. The van der Waals surface area contributed by atoms with Crippen LogP contribution in [0.2, 0.25) is 0 Å². The Balaban J connectivity index is 2.13. The van der Waals surface area contributed by atoms with Gasteiger partial charge in [0.25, 0.3) is 5.91 Å². The van der Waals surface area contributed by atoms with E-state index in [1.54, 1.807) is 25.6 Å². The highest BCUT2D eigenvalue weighted by atomic mass is 127. The first-order valence-electron chi connectivity index (χ1n) is 6.32. The highest BCUT2D eigenvalue weighted by Gasteiger charge is 2.14. The van der Waals surface area contributed by atoms with Gasteiger partial charge in [0.2, 0.25) is 0 Å². The average Bonchev–Trinajstić information content (AvgIpc) is 2.93. The predicted molar refractivity (Wildman–Crippen MR) is 92.5 cm³/mol. The van der Waals surface area contributed by atoms with Gasteiger partial charge >= 0.3 is 0 Å². The number of carbonyl (C=O) groups is 1. The third-order valence-corrected chi connectivity index (χ3v) is 4.87. The van der Waals surface area contributed by atoms with Gasteiger partial charge in [0.15, 0.2) is 11.5 Å². The van der Waals surface area contributed by atoms with E-state index in [2.05, 4.69) is 27.9 Å². The van der Waals surface area contributed by atoms with Crippen molar-refractivity contribution in [2.24, 2.45) is 0 Å². The van der Waals surface area contributed by atoms with Crippen LogP contribution in [-0.2, 0) is 0 Å². The van der Waals surface area contributed by atoms with Crippen LogP contribution in [0.25, 0.3) is 0 Å². The lowest BCUT2D eigenvalue weighted by Gasteiger charge is -2.16. The first-order valence-corrected chi connectivity index (χ1v) is 8.27. The van der Waals surface area contributed by atoms with Gasteiger partial charge in [-0.15, -0.1) is 11.3 Å². The lowest BCUT2D eigenvalue weighted by atomic mass is 10.1. The van der Waals surface area contributed by atoms with Crippen LogP contribution >= 0.6 is 33.9 Å². The Morgan fingerprint density at radius 2 is 1.95 bits per heavy atom. The normalized spacial score (nSPS) is 11.8. The number of benzene rings is 1.